The Kier molecular flexibility index (Phi) is 4.16. The smallest absolute Gasteiger partial charge is 0.416 e. The number of benzene rings is 1. The third-order valence-electron chi connectivity index (χ3n) is 4.25. The number of nitrogens with one attached hydrogen (secondary N) is 1. The zero-order valence-electron chi connectivity index (χ0n) is 11.7. The van der Waals surface area contributed by atoms with Gasteiger partial charge in [0.05, 0.1) is 11.0 Å². The molecule has 0 bridgehead atoms. The Labute approximate surface area is 121 Å². The number of carboxylic acid groups (broad SMARTS) is 1. The predicted octanol–water partition coefficient (Wildman–Crippen LogP) is 4.15. The van der Waals surface area contributed by atoms with Crippen LogP contribution in [-0.2, 0) is 11.0 Å². The van der Waals surface area contributed by atoms with E-state index in [4.69, 9.17) is 0 Å². The number of carboxylic acids is 1. The fourth-order valence-electron chi connectivity index (χ4n) is 2.78. The number of aliphatic carboxylic acids is 1. The lowest BCUT2D eigenvalue weighted by atomic mass is 9.71. The molecule has 1 aliphatic carbocycles. The standard InChI is InChI=1S/C15H18F3NO2/c1-14(13(20)21)9-3-2-4-12(14)19-11-7-5-10(6-8-11)15(16,17)18/h5-8,12,19H,2-4,9H2,1H3,(H,20,21). The van der Waals surface area contributed by atoms with Crippen LogP contribution in [0.1, 0.15) is 38.2 Å². The van der Waals surface area contributed by atoms with E-state index in [1.165, 1.54) is 12.1 Å². The summed E-state index contributed by atoms with van der Waals surface area (Å²) in [6.45, 7) is 1.69. The molecule has 0 spiro atoms. The lowest BCUT2D eigenvalue weighted by Gasteiger charge is -2.39. The van der Waals surface area contributed by atoms with Crippen molar-refractivity contribution in [3.63, 3.8) is 0 Å². The summed E-state index contributed by atoms with van der Waals surface area (Å²) in [7, 11) is 0. The topological polar surface area (TPSA) is 49.3 Å². The van der Waals surface area contributed by atoms with Gasteiger partial charge in [-0.3, -0.25) is 4.79 Å². The monoisotopic (exact) mass is 301 g/mol. The first kappa shape index (κ1) is 15.7. The second kappa shape index (κ2) is 5.58. The van der Waals surface area contributed by atoms with Gasteiger partial charge in [-0.25, -0.2) is 0 Å². The molecule has 0 aliphatic heterocycles. The molecule has 1 aliphatic rings. The van der Waals surface area contributed by atoms with Gasteiger partial charge < -0.3 is 10.4 Å². The summed E-state index contributed by atoms with van der Waals surface area (Å²) in [4.78, 5) is 11.5. The molecule has 21 heavy (non-hydrogen) atoms. The highest BCUT2D eigenvalue weighted by molar-refractivity contribution is 5.76. The van der Waals surface area contributed by atoms with Crippen molar-refractivity contribution in [1.82, 2.24) is 0 Å². The van der Waals surface area contributed by atoms with Crippen molar-refractivity contribution >= 4 is 11.7 Å². The van der Waals surface area contributed by atoms with Gasteiger partial charge in [0.25, 0.3) is 0 Å². The predicted molar refractivity (Wildman–Crippen MR) is 73.1 cm³/mol. The molecule has 6 heteroatoms. The number of hydrogen-bond acceptors (Lipinski definition) is 2. The van der Waals surface area contributed by atoms with Crippen LogP contribution in [0.3, 0.4) is 0 Å². The second-order valence-corrected chi connectivity index (χ2v) is 5.74. The van der Waals surface area contributed by atoms with Gasteiger partial charge in [0.2, 0.25) is 0 Å². The van der Waals surface area contributed by atoms with E-state index in [2.05, 4.69) is 5.32 Å². The Bertz CT molecular complexity index is 513. The van der Waals surface area contributed by atoms with Crippen molar-refractivity contribution in [2.24, 2.45) is 5.41 Å². The summed E-state index contributed by atoms with van der Waals surface area (Å²) in [5.74, 6) is -0.869. The normalized spacial score (nSPS) is 26.4. The van der Waals surface area contributed by atoms with Crippen molar-refractivity contribution in [3.05, 3.63) is 29.8 Å². The van der Waals surface area contributed by atoms with Crippen LogP contribution in [0.15, 0.2) is 24.3 Å². The third-order valence-corrected chi connectivity index (χ3v) is 4.25. The summed E-state index contributed by atoms with van der Waals surface area (Å²) in [5, 5.41) is 12.5. The largest absolute Gasteiger partial charge is 0.481 e. The Balaban J connectivity index is 2.15. The zero-order chi connectivity index (χ0) is 15.7. The molecule has 116 valence electrons. The Morgan fingerprint density at radius 3 is 2.43 bits per heavy atom. The highest BCUT2D eigenvalue weighted by Gasteiger charge is 2.43. The number of hydrogen-bond donors (Lipinski definition) is 2. The molecule has 2 N–H and O–H groups in total. The van der Waals surface area contributed by atoms with E-state index < -0.39 is 23.1 Å². The van der Waals surface area contributed by atoms with E-state index in [1.807, 2.05) is 0 Å². The molecular weight excluding hydrogens is 283 g/mol. The van der Waals surface area contributed by atoms with Gasteiger partial charge in [-0.05, 0) is 44.0 Å². The van der Waals surface area contributed by atoms with Crippen LogP contribution >= 0.6 is 0 Å². The molecule has 0 amide bonds. The van der Waals surface area contributed by atoms with Crippen LogP contribution in [0.2, 0.25) is 0 Å². The minimum Gasteiger partial charge on any atom is -0.481 e. The van der Waals surface area contributed by atoms with Crippen LogP contribution in [0, 0.1) is 5.41 Å². The average molecular weight is 301 g/mol. The van der Waals surface area contributed by atoms with Crippen molar-refractivity contribution < 1.29 is 23.1 Å². The van der Waals surface area contributed by atoms with E-state index in [-0.39, 0.29) is 6.04 Å². The summed E-state index contributed by atoms with van der Waals surface area (Å²) in [5.41, 5.74) is -1.08. The second-order valence-electron chi connectivity index (χ2n) is 5.74. The summed E-state index contributed by atoms with van der Waals surface area (Å²) in [6, 6.07) is 4.42. The molecule has 2 unspecified atom stereocenters. The number of anilines is 1. The molecule has 0 radical (unpaired) electrons. The van der Waals surface area contributed by atoms with Crippen molar-refractivity contribution in [2.45, 2.75) is 44.8 Å². The van der Waals surface area contributed by atoms with Crippen molar-refractivity contribution in [2.75, 3.05) is 5.32 Å². The van der Waals surface area contributed by atoms with Crippen LogP contribution < -0.4 is 5.32 Å². The molecule has 0 saturated heterocycles. The summed E-state index contributed by atoms with van der Waals surface area (Å²) in [6.07, 6.45) is -1.32. The van der Waals surface area contributed by atoms with Crippen molar-refractivity contribution in [1.29, 1.82) is 0 Å². The molecule has 3 nitrogen and oxygen atoms in total. The van der Waals surface area contributed by atoms with Gasteiger partial charge in [0.1, 0.15) is 0 Å². The Morgan fingerprint density at radius 2 is 1.90 bits per heavy atom. The van der Waals surface area contributed by atoms with Gasteiger partial charge in [-0.15, -0.1) is 0 Å². The SMILES string of the molecule is CC1(C(=O)O)CCCCC1Nc1ccc(C(F)(F)F)cc1. The van der Waals surface area contributed by atoms with E-state index in [0.29, 0.717) is 18.5 Å². The maximum Gasteiger partial charge on any atom is 0.416 e. The van der Waals surface area contributed by atoms with E-state index in [0.717, 1.165) is 25.0 Å². The van der Waals surface area contributed by atoms with E-state index in [9.17, 15) is 23.1 Å². The first-order valence-electron chi connectivity index (χ1n) is 6.91. The van der Waals surface area contributed by atoms with Crippen LogP contribution in [-0.4, -0.2) is 17.1 Å². The van der Waals surface area contributed by atoms with Crippen molar-refractivity contribution in [3.8, 4) is 0 Å². The molecule has 2 atom stereocenters. The highest BCUT2D eigenvalue weighted by atomic mass is 19.4. The maximum absolute atomic E-state index is 12.5. The summed E-state index contributed by atoms with van der Waals surface area (Å²) < 4.78 is 37.5. The van der Waals surface area contributed by atoms with E-state index >= 15 is 0 Å². The van der Waals surface area contributed by atoms with Gasteiger partial charge in [0.15, 0.2) is 0 Å². The molecule has 1 saturated carbocycles. The number of alkyl halides is 3. The van der Waals surface area contributed by atoms with E-state index in [1.54, 1.807) is 6.92 Å². The zero-order valence-corrected chi connectivity index (χ0v) is 11.7. The number of halogens is 3. The molecule has 0 heterocycles. The van der Waals surface area contributed by atoms with Crippen LogP contribution in [0.25, 0.3) is 0 Å². The molecule has 0 aromatic heterocycles. The fourth-order valence-corrected chi connectivity index (χ4v) is 2.78. The molecule has 1 aromatic carbocycles. The lowest BCUT2D eigenvalue weighted by molar-refractivity contribution is -0.150. The molecule has 1 aromatic rings. The van der Waals surface area contributed by atoms with Crippen LogP contribution in [0.5, 0.6) is 0 Å². The van der Waals surface area contributed by atoms with Gasteiger partial charge in [-0.2, -0.15) is 13.2 Å². The maximum atomic E-state index is 12.5. The Hall–Kier alpha value is -1.72. The molecular formula is C15H18F3NO2. The minimum absolute atomic E-state index is 0.277. The first-order valence-corrected chi connectivity index (χ1v) is 6.91. The average Bonchev–Trinajstić information content (AvgIpc) is 2.41. The lowest BCUT2D eigenvalue weighted by Crippen LogP contribution is -2.46. The summed E-state index contributed by atoms with van der Waals surface area (Å²) >= 11 is 0. The first-order chi connectivity index (χ1) is 9.73. The minimum atomic E-state index is -4.36. The highest BCUT2D eigenvalue weighted by Crippen LogP contribution is 2.38. The number of rotatable bonds is 3. The molecule has 2 rings (SSSR count). The third kappa shape index (κ3) is 3.31. The Morgan fingerprint density at radius 1 is 1.29 bits per heavy atom. The van der Waals surface area contributed by atoms with Gasteiger partial charge in [0, 0.05) is 11.7 Å². The van der Waals surface area contributed by atoms with Gasteiger partial charge in [-0.1, -0.05) is 12.8 Å². The molecule has 1 fully saturated rings. The van der Waals surface area contributed by atoms with Gasteiger partial charge >= 0.3 is 12.1 Å². The van der Waals surface area contributed by atoms with Crippen LogP contribution in [0.4, 0.5) is 18.9 Å². The quantitative estimate of drug-likeness (QED) is 0.881. The number of carbonyl (C=O) groups is 1. The fraction of sp³-hybridized carbons (Fsp3) is 0.533.